The summed E-state index contributed by atoms with van der Waals surface area (Å²) in [7, 11) is 0. The van der Waals surface area contributed by atoms with Gasteiger partial charge in [-0.05, 0) is 13.8 Å². The molecule has 1 amide bonds. The summed E-state index contributed by atoms with van der Waals surface area (Å²) in [4.78, 5) is 25.6. The number of hydrogen-bond acceptors (Lipinski definition) is 4. The fourth-order valence-corrected chi connectivity index (χ4v) is 1.05. The van der Waals surface area contributed by atoms with Gasteiger partial charge in [0.2, 0.25) is 5.82 Å². The fourth-order valence-electron chi connectivity index (χ4n) is 1.05. The molecule has 82 valence electrons. The van der Waals surface area contributed by atoms with Crippen molar-refractivity contribution < 1.29 is 14.7 Å². The molecule has 0 radical (unpaired) electrons. The molecular weight excluding hydrogens is 200 g/mol. The van der Waals surface area contributed by atoms with E-state index in [1.807, 2.05) is 0 Å². The summed E-state index contributed by atoms with van der Waals surface area (Å²) in [6, 6.07) is -0.450. The van der Waals surface area contributed by atoms with E-state index < -0.39 is 17.9 Å². The molecule has 1 atom stereocenters. The van der Waals surface area contributed by atoms with E-state index in [0.717, 1.165) is 0 Å². The number of aliphatic carboxylic acids is 1. The van der Waals surface area contributed by atoms with Crippen LogP contribution >= 0.6 is 0 Å². The van der Waals surface area contributed by atoms with Gasteiger partial charge in [-0.1, -0.05) is 0 Å². The number of carboxylic acids is 1. The zero-order valence-electron chi connectivity index (χ0n) is 8.44. The van der Waals surface area contributed by atoms with Gasteiger partial charge in [0.15, 0.2) is 0 Å². The van der Waals surface area contributed by atoms with Gasteiger partial charge in [0.25, 0.3) is 5.91 Å². The van der Waals surface area contributed by atoms with Crippen LogP contribution in [0, 0.1) is 6.92 Å². The number of aromatic nitrogens is 3. The SMILES string of the molecule is Cc1nc(C(=O)NC(C)CC(=O)O)n[nH]1. The number of H-pyrrole nitrogens is 1. The Morgan fingerprint density at radius 3 is 2.73 bits per heavy atom. The van der Waals surface area contributed by atoms with Crippen molar-refractivity contribution >= 4 is 11.9 Å². The first-order chi connectivity index (χ1) is 6.99. The van der Waals surface area contributed by atoms with E-state index in [9.17, 15) is 9.59 Å². The van der Waals surface area contributed by atoms with Gasteiger partial charge in [0, 0.05) is 6.04 Å². The van der Waals surface area contributed by atoms with E-state index in [-0.39, 0.29) is 12.2 Å². The third-order valence-corrected chi connectivity index (χ3v) is 1.66. The van der Waals surface area contributed by atoms with Gasteiger partial charge in [-0.3, -0.25) is 14.7 Å². The average Bonchev–Trinajstić information content (AvgIpc) is 2.49. The van der Waals surface area contributed by atoms with Gasteiger partial charge in [-0.2, -0.15) is 0 Å². The van der Waals surface area contributed by atoms with Gasteiger partial charge in [-0.25, -0.2) is 4.98 Å². The largest absolute Gasteiger partial charge is 0.481 e. The number of aryl methyl sites for hydroxylation is 1. The molecular formula is C8H12N4O3. The molecule has 0 spiro atoms. The van der Waals surface area contributed by atoms with Gasteiger partial charge >= 0.3 is 5.97 Å². The zero-order valence-corrected chi connectivity index (χ0v) is 8.44. The lowest BCUT2D eigenvalue weighted by Gasteiger charge is -2.08. The van der Waals surface area contributed by atoms with Crippen molar-refractivity contribution in [1.29, 1.82) is 0 Å². The van der Waals surface area contributed by atoms with Crippen molar-refractivity contribution in [2.45, 2.75) is 26.3 Å². The van der Waals surface area contributed by atoms with Crippen molar-refractivity contribution in [2.24, 2.45) is 0 Å². The molecule has 1 unspecified atom stereocenters. The minimum Gasteiger partial charge on any atom is -0.481 e. The Morgan fingerprint density at radius 1 is 1.60 bits per heavy atom. The van der Waals surface area contributed by atoms with E-state index in [1.54, 1.807) is 13.8 Å². The van der Waals surface area contributed by atoms with Crippen molar-refractivity contribution in [1.82, 2.24) is 20.5 Å². The topological polar surface area (TPSA) is 108 Å². The molecule has 7 nitrogen and oxygen atoms in total. The van der Waals surface area contributed by atoms with Crippen LogP contribution in [0.5, 0.6) is 0 Å². The lowest BCUT2D eigenvalue weighted by Crippen LogP contribution is -2.34. The van der Waals surface area contributed by atoms with E-state index in [4.69, 9.17) is 5.11 Å². The molecule has 1 aromatic heterocycles. The Morgan fingerprint density at radius 2 is 2.27 bits per heavy atom. The highest BCUT2D eigenvalue weighted by molar-refractivity contribution is 5.90. The van der Waals surface area contributed by atoms with Gasteiger partial charge in [0.05, 0.1) is 6.42 Å². The number of rotatable bonds is 4. The second-order valence-electron chi connectivity index (χ2n) is 3.22. The summed E-state index contributed by atoms with van der Waals surface area (Å²) in [5.41, 5.74) is 0. The summed E-state index contributed by atoms with van der Waals surface area (Å²) >= 11 is 0. The number of amides is 1. The molecule has 0 bridgehead atoms. The molecule has 0 saturated heterocycles. The molecule has 0 aliphatic heterocycles. The fraction of sp³-hybridized carbons (Fsp3) is 0.500. The maximum absolute atomic E-state index is 11.4. The second kappa shape index (κ2) is 4.54. The van der Waals surface area contributed by atoms with Crippen molar-refractivity contribution in [3.63, 3.8) is 0 Å². The summed E-state index contributed by atoms with van der Waals surface area (Å²) in [6.45, 7) is 3.27. The number of nitrogens with one attached hydrogen (secondary N) is 2. The van der Waals surface area contributed by atoms with Crippen LogP contribution in [-0.2, 0) is 4.79 Å². The molecule has 0 aliphatic rings. The van der Waals surface area contributed by atoms with Gasteiger partial charge < -0.3 is 10.4 Å². The van der Waals surface area contributed by atoms with Crippen LogP contribution in [0.15, 0.2) is 0 Å². The van der Waals surface area contributed by atoms with Crippen molar-refractivity contribution in [2.75, 3.05) is 0 Å². The Kier molecular flexibility index (Phi) is 3.37. The average molecular weight is 212 g/mol. The van der Waals surface area contributed by atoms with Crippen molar-refractivity contribution in [3.05, 3.63) is 11.6 Å². The molecule has 1 aromatic rings. The number of carbonyl (C=O) groups is 2. The van der Waals surface area contributed by atoms with Crippen LogP contribution in [0.4, 0.5) is 0 Å². The number of carboxylic acid groups (broad SMARTS) is 1. The summed E-state index contributed by atoms with van der Waals surface area (Å²) < 4.78 is 0. The molecule has 7 heteroatoms. The normalized spacial score (nSPS) is 12.1. The van der Waals surface area contributed by atoms with Crippen LogP contribution in [0.1, 0.15) is 29.8 Å². The third kappa shape index (κ3) is 3.37. The minimum atomic E-state index is -0.964. The molecule has 3 N–H and O–H groups in total. The monoisotopic (exact) mass is 212 g/mol. The Balaban J connectivity index is 2.52. The maximum atomic E-state index is 11.4. The summed E-state index contributed by atoms with van der Waals surface area (Å²) in [6.07, 6.45) is -0.130. The number of nitrogens with zero attached hydrogens (tertiary/aromatic N) is 2. The Bertz CT molecular complexity index is 374. The maximum Gasteiger partial charge on any atom is 0.305 e. The van der Waals surface area contributed by atoms with Crippen LogP contribution in [0.2, 0.25) is 0 Å². The predicted octanol–water partition coefficient (Wildman–Crippen LogP) is -0.294. The smallest absolute Gasteiger partial charge is 0.305 e. The molecule has 0 saturated carbocycles. The Hall–Kier alpha value is -1.92. The first kappa shape index (κ1) is 11.2. The lowest BCUT2D eigenvalue weighted by molar-refractivity contribution is -0.137. The van der Waals surface area contributed by atoms with Gasteiger partial charge in [-0.15, -0.1) is 5.10 Å². The van der Waals surface area contributed by atoms with E-state index in [2.05, 4.69) is 20.5 Å². The molecule has 0 aliphatic carbocycles. The van der Waals surface area contributed by atoms with Crippen molar-refractivity contribution in [3.8, 4) is 0 Å². The summed E-state index contributed by atoms with van der Waals surface area (Å²) in [5.74, 6) is -0.891. The predicted molar refractivity (Wildman–Crippen MR) is 50.3 cm³/mol. The van der Waals surface area contributed by atoms with E-state index in [1.165, 1.54) is 0 Å². The summed E-state index contributed by atoms with van der Waals surface area (Å²) in [5, 5.41) is 17.1. The quantitative estimate of drug-likeness (QED) is 0.635. The molecule has 0 fully saturated rings. The van der Waals surface area contributed by atoms with Crippen LogP contribution in [-0.4, -0.2) is 38.2 Å². The van der Waals surface area contributed by atoms with Crippen LogP contribution in [0.25, 0.3) is 0 Å². The highest BCUT2D eigenvalue weighted by atomic mass is 16.4. The highest BCUT2D eigenvalue weighted by Crippen LogP contribution is 1.95. The number of aromatic amines is 1. The number of hydrogen-bond donors (Lipinski definition) is 3. The van der Waals surface area contributed by atoms with E-state index in [0.29, 0.717) is 5.82 Å². The number of carbonyl (C=O) groups excluding carboxylic acids is 1. The second-order valence-corrected chi connectivity index (χ2v) is 3.22. The molecule has 15 heavy (non-hydrogen) atoms. The molecule has 1 heterocycles. The zero-order chi connectivity index (χ0) is 11.4. The standard InChI is InChI=1S/C8H12N4O3/c1-4(3-6(13)14)9-8(15)7-10-5(2)11-12-7/h4H,3H2,1-2H3,(H,9,15)(H,13,14)(H,10,11,12). The van der Waals surface area contributed by atoms with Crippen LogP contribution in [0.3, 0.4) is 0 Å². The Labute approximate surface area is 85.9 Å². The molecule has 0 aromatic carbocycles. The van der Waals surface area contributed by atoms with Gasteiger partial charge in [0.1, 0.15) is 5.82 Å². The lowest BCUT2D eigenvalue weighted by atomic mass is 10.2. The highest BCUT2D eigenvalue weighted by Gasteiger charge is 2.15. The third-order valence-electron chi connectivity index (χ3n) is 1.66. The van der Waals surface area contributed by atoms with Crippen LogP contribution < -0.4 is 5.32 Å². The first-order valence-corrected chi connectivity index (χ1v) is 4.40. The minimum absolute atomic E-state index is 0.0183. The first-order valence-electron chi connectivity index (χ1n) is 4.40. The van der Waals surface area contributed by atoms with E-state index >= 15 is 0 Å². The molecule has 1 rings (SSSR count).